The highest BCUT2D eigenvalue weighted by Crippen LogP contribution is 2.19. The minimum absolute atomic E-state index is 0.231. The maximum Gasteiger partial charge on any atom is 0.115 e. The van der Waals surface area contributed by atoms with Crippen LogP contribution in [0, 0.1) is 0 Å². The third kappa shape index (κ3) is 4.08. The number of hydrogen-bond donors (Lipinski definition) is 1. The van der Waals surface area contributed by atoms with Gasteiger partial charge in [-0.3, -0.25) is 0 Å². The molecule has 90 valence electrons. The van der Waals surface area contributed by atoms with Gasteiger partial charge in [0, 0.05) is 0 Å². The van der Waals surface area contributed by atoms with E-state index in [4.69, 9.17) is 9.68 Å². The Hall–Kier alpha value is -1.26. The summed E-state index contributed by atoms with van der Waals surface area (Å²) in [4.78, 5) is 10.9. The van der Waals surface area contributed by atoms with E-state index in [1.807, 2.05) is 13.8 Å². The number of phenolic OH excluding ortho intramolecular Hbond substituents is 1. The van der Waals surface area contributed by atoms with E-state index in [0.717, 1.165) is 18.5 Å². The topological polar surface area (TPSA) is 41.9 Å². The van der Waals surface area contributed by atoms with Crippen molar-refractivity contribution in [2.24, 2.45) is 0 Å². The predicted molar refractivity (Wildman–Crippen MR) is 63.1 cm³/mol. The fourth-order valence-electron chi connectivity index (χ4n) is 1.11. The summed E-state index contributed by atoms with van der Waals surface area (Å²) in [6, 6.07) is 6.71. The number of benzene rings is 1. The standard InChI is InChI=1S/C12H19NO3/c1-3-9-15-13(16-10-4-2)11-5-7-12(14)8-6-11/h5-8,14H,3-4,9-10H2,1-2H3. The van der Waals surface area contributed by atoms with Crippen molar-refractivity contribution in [1.82, 2.24) is 0 Å². The molecule has 0 bridgehead atoms. The molecule has 0 unspecified atom stereocenters. The molecule has 0 saturated carbocycles. The summed E-state index contributed by atoms with van der Waals surface area (Å²) < 4.78 is 0. The van der Waals surface area contributed by atoms with Crippen LogP contribution in [-0.2, 0) is 9.68 Å². The zero-order chi connectivity index (χ0) is 11.8. The number of nitrogens with zero attached hydrogens (tertiary/aromatic N) is 1. The fraction of sp³-hybridized carbons (Fsp3) is 0.500. The van der Waals surface area contributed by atoms with Gasteiger partial charge in [0.2, 0.25) is 0 Å². The van der Waals surface area contributed by atoms with Gasteiger partial charge in [-0.05, 0) is 37.1 Å². The maximum absolute atomic E-state index is 9.19. The van der Waals surface area contributed by atoms with Crippen molar-refractivity contribution in [1.29, 1.82) is 0 Å². The molecule has 0 aliphatic carbocycles. The van der Waals surface area contributed by atoms with Gasteiger partial charge in [0.1, 0.15) is 5.75 Å². The Morgan fingerprint density at radius 1 is 1.00 bits per heavy atom. The maximum atomic E-state index is 9.19. The Balaban J connectivity index is 2.62. The van der Waals surface area contributed by atoms with Crippen molar-refractivity contribution in [3.05, 3.63) is 24.3 Å². The van der Waals surface area contributed by atoms with E-state index in [1.165, 1.54) is 5.23 Å². The Morgan fingerprint density at radius 2 is 1.50 bits per heavy atom. The predicted octanol–water partition coefficient (Wildman–Crippen LogP) is 2.88. The summed E-state index contributed by atoms with van der Waals surface area (Å²) in [5.74, 6) is 0.231. The molecule has 1 aromatic rings. The first kappa shape index (κ1) is 12.8. The zero-order valence-corrected chi connectivity index (χ0v) is 9.85. The first-order valence-corrected chi connectivity index (χ1v) is 5.63. The van der Waals surface area contributed by atoms with E-state index in [1.54, 1.807) is 24.3 Å². The van der Waals surface area contributed by atoms with Crippen LogP contribution in [0.5, 0.6) is 5.75 Å². The smallest absolute Gasteiger partial charge is 0.115 e. The lowest BCUT2D eigenvalue weighted by Gasteiger charge is -2.22. The summed E-state index contributed by atoms with van der Waals surface area (Å²) in [5.41, 5.74) is 0.778. The number of hydrogen-bond acceptors (Lipinski definition) is 4. The van der Waals surface area contributed by atoms with E-state index in [2.05, 4.69) is 0 Å². The number of rotatable bonds is 7. The Morgan fingerprint density at radius 3 is 1.94 bits per heavy atom. The Bertz CT molecular complexity index is 279. The molecule has 0 aliphatic heterocycles. The third-order valence-corrected chi connectivity index (χ3v) is 1.89. The average Bonchev–Trinajstić information content (AvgIpc) is 2.31. The van der Waals surface area contributed by atoms with Crippen molar-refractivity contribution in [2.45, 2.75) is 26.7 Å². The number of aromatic hydroxyl groups is 1. The van der Waals surface area contributed by atoms with Crippen LogP contribution in [0.25, 0.3) is 0 Å². The molecule has 1 N–H and O–H groups in total. The van der Waals surface area contributed by atoms with Gasteiger partial charge in [0.15, 0.2) is 0 Å². The average molecular weight is 225 g/mol. The minimum atomic E-state index is 0.231. The van der Waals surface area contributed by atoms with Crippen LogP contribution in [0.3, 0.4) is 0 Å². The van der Waals surface area contributed by atoms with Gasteiger partial charge >= 0.3 is 0 Å². The van der Waals surface area contributed by atoms with E-state index < -0.39 is 0 Å². The number of anilines is 1. The zero-order valence-electron chi connectivity index (χ0n) is 9.85. The van der Waals surface area contributed by atoms with Gasteiger partial charge in [-0.1, -0.05) is 13.8 Å². The second kappa shape index (κ2) is 7.09. The summed E-state index contributed by atoms with van der Waals surface area (Å²) in [7, 11) is 0. The van der Waals surface area contributed by atoms with Crippen molar-refractivity contribution in [2.75, 3.05) is 18.4 Å². The molecule has 16 heavy (non-hydrogen) atoms. The fourth-order valence-corrected chi connectivity index (χ4v) is 1.11. The lowest BCUT2D eigenvalue weighted by Crippen LogP contribution is -2.24. The van der Waals surface area contributed by atoms with Crippen LogP contribution in [-0.4, -0.2) is 18.3 Å². The molecular formula is C12H19NO3. The molecule has 4 nitrogen and oxygen atoms in total. The van der Waals surface area contributed by atoms with Gasteiger partial charge < -0.3 is 5.11 Å². The van der Waals surface area contributed by atoms with E-state index in [9.17, 15) is 5.11 Å². The van der Waals surface area contributed by atoms with Crippen molar-refractivity contribution < 1.29 is 14.8 Å². The Kier molecular flexibility index (Phi) is 5.67. The van der Waals surface area contributed by atoms with Gasteiger partial charge in [0.05, 0.1) is 18.9 Å². The monoisotopic (exact) mass is 225 g/mol. The van der Waals surface area contributed by atoms with Crippen LogP contribution < -0.4 is 5.23 Å². The Labute approximate surface area is 96.3 Å². The lowest BCUT2D eigenvalue weighted by molar-refractivity contribution is -0.0893. The molecule has 0 radical (unpaired) electrons. The van der Waals surface area contributed by atoms with Gasteiger partial charge in [-0.2, -0.15) is 0 Å². The SMILES string of the molecule is CCCON(OCCC)c1ccc(O)cc1. The van der Waals surface area contributed by atoms with Crippen LogP contribution >= 0.6 is 0 Å². The van der Waals surface area contributed by atoms with Crippen molar-refractivity contribution in [3.8, 4) is 5.75 Å². The van der Waals surface area contributed by atoms with Crippen LogP contribution in [0.1, 0.15) is 26.7 Å². The lowest BCUT2D eigenvalue weighted by atomic mass is 10.3. The molecule has 1 aromatic carbocycles. The van der Waals surface area contributed by atoms with Crippen molar-refractivity contribution in [3.63, 3.8) is 0 Å². The minimum Gasteiger partial charge on any atom is -0.508 e. The van der Waals surface area contributed by atoms with Gasteiger partial charge in [-0.15, -0.1) is 5.23 Å². The first-order chi connectivity index (χ1) is 7.77. The second-order valence-electron chi connectivity index (χ2n) is 3.44. The van der Waals surface area contributed by atoms with E-state index >= 15 is 0 Å². The van der Waals surface area contributed by atoms with Crippen LogP contribution in [0.4, 0.5) is 5.69 Å². The molecule has 0 aliphatic rings. The molecule has 0 atom stereocenters. The third-order valence-electron chi connectivity index (χ3n) is 1.89. The highest BCUT2D eigenvalue weighted by atomic mass is 16.9. The van der Waals surface area contributed by atoms with Gasteiger partial charge in [0.25, 0.3) is 0 Å². The van der Waals surface area contributed by atoms with Gasteiger partial charge in [-0.25, -0.2) is 9.68 Å². The molecule has 0 spiro atoms. The van der Waals surface area contributed by atoms with Crippen LogP contribution in [0.15, 0.2) is 24.3 Å². The molecule has 1 rings (SSSR count). The second-order valence-corrected chi connectivity index (χ2v) is 3.44. The molecule has 0 fully saturated rings. The van der Waals surface area contributed by atoms with Crippen LogP contribution in [0.2, 0.25) is 0 Å². The molecule has 0 saturated heterocycles. The highest BCUT2D eigenvalue weighted by molar-refractivity contribution is 5.44. The molecule has 0 heterocycles. The molecule has 0 amide bonds. The first-order valence-electron chi connectivity index (χ1n) is 5.63. The molecular weight excluding hydrogens is 206 g/mol. The quantitative estimate of drug-likeness (QED) is 0.724. The molecule has 4 heteroatoms. The largest absolute Gasteiger partial charge is 0.508 e. The summed E-state index contributed by atoms with van der Waals surface area (Å²) in [6.45, 7) is 5.28. The normalized spacial score (nSPS) is 10.4. The summed E-state index contributed by atoms with van der Waals surface area (Å²) in [5, 5.41) is 10.6. The van der Waals surface area contributed by atoms with E-state index in [0.29, 0.717) is 13.2 Å². The summed E-state index contributed by atoms with van der Waals surface area (Å²) >= 11 is 0. The van der Waals surface area contributed by atoms with Crippen molar-refractivity contribution >= 4 is 5.69 Å². The molecule has 0 aromatic heterocycles. The highest BCUT2D eigenvalue weighted by Gasteiger charge is 2.07. The number of phenols is 1. The summed E-state index contributed by atoms with van der Waals surface area (Å²) in [6.07, 6.45) is 1.84. The van der Waals surface area contributed by atoms with E-state index in [-0.39, 0.29) is 5.75 Å².